The molecule has 6 nitrogen and oxygen atoms in total. The van der Waals surface area contributed by atoms with Crippen molar-refractivity contribution in [3.63, 3.8) is 0 Å². The third-order valence-corrected chi connectivity index (χ3v) is 8.85. The zero-order chi connectivity index (χ0) is 24.9. The average molecular weight is 487 g/mol. The lowest BCUT2D eigenvalue weighted by Crippen LogP contribution is -2.57. The molecule has 36 heavy (non-hydrogen) atoms. The molecule has 0 spiro atoms. The minimum atomic E-state index is -0.773. The van der Waals surface area contributed by atoms with E-state index in [0.717, 1.165) is 24.8 Å². The molecule has 4 aliphatic carbocycles. The van der Waals surface area contributed by atoms with Crippen LogP contribution in [-0.2, 0) is 20.9 Å². The van der Waals surface area contributed by atoms with Crippen LogP contribution in [0.2, 0.25) is 0 Å². The first-order chi connectivity index (χ1) is 17.5. The van der Waals surface area contributed by atoms with Gasteiger partial charge in [0.05, 0.1) is 24.1 Å². The number of benzene rings is 2. The van der Waals surface area contributed by atoms with E-state index in [1.807, 2.05) is 37.3 Å². The zero-order valence-corrected chi connectivity index (χ0v) is 20.9. The molecule has 5 aliphatic rings. The number of carbonyl (C=O) groups is 3. The summed E-state index contributed by atoms with van der Waals surface area (Å²) in [7, 11) is 0. The van der Waals surface area contributed by atoms with Crippen LogP contribution in [-0.4, -0.2) is 35.3 Å². The smallest absolute Gasteiger partial charge is 0.257 e. The molecule has 7 rings (SSSR count). The van der Waals surface area contributed by atoms with Gasteiger partial charge in [0.15, 0.2) is 0 Å². The maximum absolute atomic E-state index is 14.4. The Morgan fingerprint density at radius 3 is 2.14 bits per heavy atom. The van der Waals surface area contributed by atoms with Crippen molar-refractivity contribution >= 4 is 23.4 Å². The molecular formula is C30H34N2O4. The van der Waals surface area contributed by atoms with Gasteiger partial charge in [-0.3, -0.25) is 14.4 Å². The molecule has 0 aromatic heterocycles. The van der Waals surface area contributed by atoms with Gasteiger partial charge in [-0.25, -0.2) is 4.90 Å². The van der Waals surface area contributed by atoms with Crippen molar-refractivity contribution < 1.29 is 19.1 Å². The maximum Gasteiger partial charge on any atom is 0.257 e. The van der Waals surface area contributed by atoms with E-state index in [1.165, 1.54) is 24.2 Å². The number of imide groups is 1. The molecule has 1 saturated heterocycles. The lowest BCUT2D eigenvalue weighted by Gasteiger charge is -2.57. The first-order valence-corrected chi connectivity index (χ1v) is 13.4. The second-order valence-corrected chi connectivity index (χ2v) is 11.3. The molecule has 5 fully saturated rings. The van der Waals surface area contributed by atoms with Gasteiger partial charge < -0.3 is 9.64 Å². The van der Waals surface area contributed by atoms with Gasteiger partial charge in [-0.2, -0.15) is 0 Å². The number of hydrogen-bond donors (Lipinski definition) is 0. The molecular weight excluding hydrogens is 452 g/mol. The lowest BCUT2D eigenvalue weighted by molar-refractivity contribution is -0.162. The highest BCUT2D eigenvalue weighted by Crippen LogP contribution is 2.60. The first-order valence-electron chi connectivity index (χ1n) is 13.4. The minimum absolute atomic E-state index is 0.0248. The Morgan fingerprint density at radius 1 is 0.944 bits per heavy atom. The largest absolute Gasteiger partial charge is 0.494 e. The second-order valence-electron chi connectivity index (χ2n) is 11.3. The second kappa shape index (κ2) is 9.06. The standard InChI is InChI=1S/C30H34N2O4/c1-2-36-25-10-8-24(9-11-25)32-27(33)15-26(28(32)34)31(19-20-6-4-3-5-7-20)29(35)30-16-21-12-22(17-30)14-23(13-21)18-30/h3-11,21-23,26H,2,12-19H2,1H3. The predicted octanol–water partition coefficient (Wildman–Crippen LogP) is 4.96. The van der Waals surface area contributed by atoms with Crippen LogP contribution in [0.1, 0.15) is 57.4 Å². The van der Waals surface area contributed by atoms with Gasteiger partial charge in [-0.1, -0.05) is 30.3 Å². The summed E-state index contributed by atoms with van der Waals surface area (Å²) in [6.45, 7) is 2.81. The van der Waals surface area contributed by atoms with Crippen LogP contribution in [0.25, 0.3) is 0 Å². The van der Waals surface area contributed by atoms with Gasteiger partial charge >= 0.3 is 0 Å². The SMILES string of the molecule is CCOc1ccc(N2C(=O)CC(N(Cc3ccccc3)C(=O)C34CC5CC(CC(C5)C3)C4)C2=O)cc1. The van der Waals surface area contributed by atoms with E-state index in [0.29, 0.717) is 42.3 Å². The average Bonchev–Trinajstić information content (AvgIpc) is 3.16. The number of amides is 3. The fourth-order valence-corrected chi connectivity index (χ4v) is 7.77. The Bertz CT molecular complexity index is 1120. The highest BCUT2D eigenvalue weighted by molar-refractivity contribution is 6.23. The molecule has 6 heteroatoms. The fourth-order valence-electron chi connectivity index (χ4n) is 7.77. The summed E-state index contributed by atoms with van der Waals surface area (Å²) < 4.78 is 5.51. The Hall–Kier alpha value is -3.15. The van der Waals surface area contributed by atoms with Crippen LogP contribution >= 0.6 is 0 Å². The molecule has 188 valence electrons. The predicted molar refractivity (Wildman–Crippen MR) is 136 cm³/mol. The van der Waals surface area contributed by atoms with Gasteiger partial charge in [0.2, 0.25) is 11.8 Å². The molecule has 0 radical (unpaired) electrons. The van der Waals surface area contributed by atoms with Crippen molar-refractivity contribution in [3.8, 4) is 5.75 Å². The van der Waals surface area contributed by atoms with E-state index in [1.54, 1.807) is 29.2 Å². The molecule has 1 unspecified atom stereocenters. The number of carbonyl (C=O) groups excluding carboxylic acids is 3. The highest BCUT2D eigenvalue weighted by Gasteiger charge is 2.57. The molecule has 1 atom stereocenters. The van der Waals surface area contributed by atoms with Crippen molar-refractivity contribution in [3.05, 3.63) is 60.2 Å². The van der Waals surface area contributed by atoms with Gasteiger partial charge in [-0.15, -0.1) is 0 Å². The lowest BCUT2D eigenvalue weighted by atomic mass is 9.49. The molecule has 2 aromatic rings. The first kappa shape index (κ1) is 23.3. The van der Waals surface area contributed by atoms with Crippen LogP contribution in [0, 0.1) is 23.2 Å². The summed E-state index contributed by atoms with van der Waals surface area (Å²) in [5.41, 5.74) is 1.13. The van der Waals surface area contributed by atoms with Crippen molar-refractivity contribution in [1.29, 1.82) is 0 Å². The maximum atomic E-state index is 14.4. The van der Waals surface area contributed by atoms with E-state index in [9.17, 15) is 14.4 Å². The van der Waals surface area contributed by atoms with Crippen LogP contribution in [0.5, 0.6) is 5.75 Å². The number of hydrogen-bond acceptors (Lipinski definition) is 4. The van der Waals surface area contributed by atoms with Crippen molar-refractivity contribution in [2.45, 2.75) is 64.5 Å². The molecule has 1 aliphatic heterocycles. The normalized spacial score (nSPS) is 30.6. The Morgan fingerprint density at radius 2 is 1.56 bits per heavy atom. The summed E-state index contributed by atoms with van der Waals surface area (Å²) in [5.74, 6) is 2.09. The van der Waals surface area contributed by atoms with E-state index >= 15 is 0 Å². The van der Waals surface area contributed by atoms with Crippen LogP contribution in [0.4, 0.5) is 5.69 Å². The molecule has 2 aromatic carbocycles. The fraction of sp³-hybridized carbons (Fsp3) is 0.500. The third-order valence-electron chi connectivity index (χ3n) is 8.85. The summed E-state index contributed by atoms with van der Waals surface area (Å²) in [6, 6.07) is 16.1. The van der Waals surface area contributed by atoms with E-state index in [-0.39, 0.29) is 29.6 Å². The van der Waals surface area contributed by atoms with Crippen molar-refractivity contribution in [2.75, 3.05) is 11.5 Å². The van der Waals surface area contributed by atoms with Crippen molar-refractivity contribution in [1.82, 2.24) is 4.90 Å². The number of rotatable bonds is 7. The summed E-state index contributed by atoms with van der Waals surface area (Å²) in [6.07, 6.45) is 6.56. The van der Waals surface area contributed by atoms with Gasteiger partial charge in [0, 0.05) is 6.54 Å². The van der Waals surface area contributed by atoms with Crippen LogP contribution in [0.3, 0.4) is 0 Å². The highest BCUT2D eigenvalue weighted by atomic mass is 16.5. The van der Waals surface area contributed by atoms with Gasteiger partial charge in [0.1, 0.15) is 11.8 Å². The topological polar surface area (TPSA) is 66.9 Å². The third kappa shape index (κ3) is 4.00. The van der Waals surface area contributed by atoms with Crippen LogP contribution < -0.4 is 9.64 Å². The molecule has 3 amide bonds. The molecule has 0 N–H and O–H groups in total. The molecule has 1 heterocycles. The van der Waals surface area contributed by atoms with E-state index in [4.69, 9.17) is 4.74 Å². The van der Waals surface area contributed by atoms with E-state index in [2.05, 4.69) is 0 Å². The minimum Gasteiger partial charge on any atom is -0.494 e. The quantitative estimate of drug-likeness (QED) is 0.519. The molecule has 4 saturated carbocycles. The Labute approximate surface area is 212 Å². The summed E-state index contributed by atoms with van der Waals surface area (Å²) in [4.78, 5) is 44.4. The Balaban J connectivity index is 1.31. The summed E-state index contributed by atoms with van der Waals surface area (Å²) in [5, 5.41) is 0. The monoisotopic (exact) mass is 486 g/mol. The van der Waals surface area contributed by atoms with Gasteiger partial charge in [0.25, 0.3) is 5.91 Å². The number of nitrogens with zero attached hydrogens (tertiary/aromatic N) is 2. The molecule has 4 bridgehead atoms. The van der Waals surface area contributed by atoms with Crippen molar-refractivity contribution in [2.24, 2.45) is 23.2 Å². The Kier molecular flexibility index (Phi) is 5.85. The summed E-state index contributed by atoms with van der Waals surface area (Å²) >= 11 is 0. The van der Waals surface area contributed by atoms with Gasteiger partial charge in [-0.05, 0) is 93.0 Å². The zero-order valence-electron chi connectivity index (χ0n) is 20.9. The van der Waals surface area contributed by atoms with E-state index < -0.39 is 6.04 Å². The number of ether oxygens (including phenoxy) is 1. The van der Waals surface area contributed by atoms with Crippen LogP contribution in [0.15, 0.2) is 54.6 Å². The number of anilines is 1.